The molecule has 2 aromatic carbocycles. The van der Waals surface area contributed by atoms with Crippen molar-refractivity contribution >= 4 is 21.7 Å². The molecule has 1 saturated carbocycles. The van der Waals surface area contributed by atoms with E-state index in [0.717, 1.165) is 60.2 Å². The summed E-state index contributed by atoms with van der Waals surface area (Å²) in [4.78, 5) is 27.9. The van der Waals surface area contributed by atoms with Gasteiger partial charge in [0.25, 0.3) is 5.91 Å². The highest BCUT2D eigenvalue weighted by Crippen LogP contribution is 2.32. The van der Waals surface area contributed by atoms with Crippen LogP contribution in [0.2, 0.25) is 0 Å². The zero-order chi connectivity index (χ0) is 32.3. The predicted octanol–water partition coefficient (Wildman–Crippen LogP) is 7.19. The van der Waals surface area contributed by atoms with Crippen molar-refractivity contribution in [2.75, 3.05) is 19.1 Å². The van der Waals surface area contributed by atoms with Crippen LogP contribution in [0.15, 0.2) is 54.1 Å². The third kappa shape index (κ3) is 11.5. The SMILES string of the molecule is CC(C)=CCCCC(CC1CCCCC1)N(C)Cc1ccc(C(=O)NC(CCS(C)(=O)=O)C(=O)O)c(-c2ccccc2C)c1. The fourth-order valence-corrected chi connectivity index (χ4v) is 6.96. The van der Waals surface area contributed by atoms with Gasteiger partial charge in [-0.2, -0.15) is 0 Å². The van der Waals surface area contributed by atoms with E-state index >= 15 is 0 Å². The van der Waals surface area contributed by atoms with Gasteiger partial charge in [0, 0.05) is 24.4 Å². The summed E-state index contributed by atoms with van der Waals surface area (Å²) < 4.78 is 23.3. The number of allylic oxidation sites excluding steroid dienone is 2. The molecule has 0 radical (unpaired) electrons. The second-order valence-electron chi connectivity index (χ2n) is 13.0. The number of nitrogens with zero attached hydrogens (tertiary/aromatic N) is 1. The van der Waals surface area contributed by atoms with Crippen LogP contribution in [-0.2, 0) is 21.2 Å². The predicted molar refractivity (Wildman–Crippen MR) is 180 cm³/mol. The first-order valence-corrected chi connectivity index (χ1v) is 18.1. The minimum Gasteiger partial charge on any atom is -0.480 e. The van der Waals surface area contributed by atoms with Gasteiger partial charge in [0.1, 0.15) is 15.9 Å². The molecule has 0 spiro atoms. The number of hydrogen-bond acceptors (Lipinski definition) is 5. The lowest BCUT2D eigenvalue weighted by atomic mass is 9.83. The Kier molecular flexibility index (Phi) is 13.7. The van der Waals surface area contributed by atoms with Crippen LogP contribution >= 0.6 is 0 Å². The number of hydrogen-bond donors (Lipinski definition) is 2. The Balaban J connectivity index is 1.87. The fraction of sp³-hybridized carbons (Fsp3) is 0.556. The van der Waals surface area contributed by atoms with Crippen molar-refractivity contribution in [2.24, 2.45) is 5.92 Å². The summed E-state index contributed by atoms with van der Waals surface area (Å²) in [5, 5.41) is 12.3. The maximum atomic E-state index is 13.5. The molecule has 7 nitrogen and oxygen atoms in total. The second kappa shape index (κ2) is 16.9. The third-order valence-corrected chi connectivity index (χ3v) is 9.80. The van der Waals surface area contributed by atoms with Gasteiger partial charge in [0.15, 0.2) is 0 Å². The standard InChI is InChI=1S/C36H52N2O5S/c1-26(2)13-9-11-17-30(23-28-15-7-6-8-16-28)38(4)25-29-19-20-32(33(24-29)31-18-12-10-14-27(31)3)35(39)37-34(36(40)41)21-22-44(5,42)43/h10,12-14,18-20,24,28,30,34H,6-9,11,15-17,21-23,25H2,1-5H3,(H,37,39)(H,40,41). The number of carbonyl (C=O) groups is 2. The molecule has 44 heavy (non-hydrogen) atoms. The van der Waals surface area contributed by atoms with Gasteiger partial charge >= 0.3 is 5.97 Å². The normalized spacial score (nSPS) is 15.5. The lowest BCUT2D eigenvalue weighted by Crippen LogP contribution is -2.42. The van der Waals surface area contributed by atoms with E-state index in [4.69, 9.17) is 0 Å². The first-order chi connectivity index (χ1) is 20.8. The number of rotatable bonds is 16. The van der Waals surface area contributed by atoms with Crippen LogP contribution in [0.5, 0.6) is 0 Å². The van der Waals surface area contributed by atoms with Crippen molar-refractivity contribution in [3.63, 3.8) is 0 Å². The summed E-state index contributed by atoms with van der Waals surface area (Å²) in [6, 6.07) is 12.8. The number of benzene rings is 2. The Morgan fingerprint density at radius 2 is 1.75 bits per heavy atom. The van der Waals surface area contributed by atoms with Crippen LogP contribution < -0.4 is 5.32 Å². The van der Waals surface area contributed by atoms with Crippen molar-refractivity contribution in [1.29, 1.82) is 0 Å². The van der Waals surface area contributed by atoms with Crippen LogP contribution in [0.4, 0.5) is 0 Å². The molecule has 0 aliphatic heterocycles. The summed E-state index contributed by atoms with van der Waals surface area (Å²) in [5.74, 6) is -1.33. The summed E-state index contributed by atoms with van der Waals surface area (Å²) >= 11 is 0. The van der Waals surface area contributed by atoms with Crippen molar-refractivity contribution in [1.82, 2.24) is 10.2 Å². The fourth-order valence-electron chi connectivity index (χ4n) is 6.30. The summed E-state index contributed by atoms with van der Waals surface area (Å²) in [6.07, 6.45) is 14.5. The highest BCUT2D eigenvalue weighted by Gasteiger charge is 2.25. The minimum absolute atomic E-state index is 0.196. The van der Waals surface area contributed by atoms with E-state index in [9.17, 15) is 23.1 Å². The Bertz CT molecular complexity index is 1390. The Morgan fingerprint density at radius 1 is 1.05 bits per heavy atom. The molecular formula is C36H52N2O5S. The van der Waals surface area contributed by atoms with Gasteiger partial charge in [-0.25, -0.2) is 13.2 Å². The largest absolute Gasteiger partial charge is 0.480 e. The molecule has 0 saturated heterocycles. The zero-order valence-corrected chi connectivity index (χ0v) is 28.1. The maximum Gasteiger partial charge on any atom is 0.326 e. The number of carboxylic acids is 1. The number of carboxylic acid groups (broad SMARTS) is 1. The van der Waals surface area contributed by atoms with Crippen molar-refractivity contribution in [3.8, 4) is 11.1 Å². The van der Waals surface area contributed by atoms with E-state index in [1.165, 1.54) is 44.1 Å². The number of nitrogens with one attached hydrogen (secondary N) is 1. The first-order valence-electron chi connectivity index (χ1n) is 16.1. The summed E-state index contributed by atoms with van der Waals surface area (Å²) in [5.41, 5.74) is 5.48. The van der Waals surface area contributed by atoms with E-state index < -0.39 is 27.8 Å². The molecule has 2 unspecified atom stereocenters. The number of sulfone groups is 1. The maximum absolute atomic E-state index is 13.5. The van der Waals surface area contributed by atoms with Crippen LogP contribution in [0.25, 0.3) is 11.1 Å². The molecule has 1 aliphatic carbocycles. The molecule has 2 N–H and O–H groups in total. The molecule has 1 fully saturated rings. The third-order valence-electron chi connectivity index (χ3n) is 8.82. The van der Waals surface area contributed by atoms with Gasteiger partial charge in [-0.05, 0) is 100 Å². The van der Waals surface area contributed by atoms with Gasteiger partial charge < -0.3 is 10.4 Å². The van der Waals surface area contributed by atoms with E-state index in [1.807, 2.05) is 37.3 Å². The molecular weight excluding hydrogens is 572 g/mol. The van der Waals surface area contributed by atoms with Crippen molar-refractivity contribution in [3.05, 3.63) is 70.8 Å². The average molecular weight is 625 g/mol. The molecule has 0 heterocycles. The molecule has 1 aliphatic rings. The Hall–Kier alpha value is -2.97. The quantitative estimate of drug-likeness (QED) is 0.151. The number of aryl methyl sites for hydroxylation is 1. The lowest BCUT2D eigenvalue weighted by molar-refractivity contribution is -0.139. The number of aliphatic carboxylic acids is 1. The topological polar surface area (TPSA) is 104 Å². The van der Waals surface area contributed by atoms with Crippen molar-refractivity contribution < 1.29 is 23.1 Å². The highest BCUT2D eigenvalue weighted by molar-refractivity contribution is 7.90. The Labute approximate surface area is 265 Å². The van der Waals surface area contributed by atoms with E-state index in [1.54, 1.807) is 6.07 Å². The van der Waals surface area contributed by atoms with Gasteiger partial charge in [-0.1, -0.05) is 74.1 Å². The lowest BCUT2D eigenvalue weighted by Gasteiger charge is -2.33. The summed E-state index contributed by atoms with van der Waals surface area (Å²) in [6.45, 7) is 7.04. The van der Waals surface area contributed by atoms with E-state index in [-0.39, 0.29) is 12.2 Å². The van der Waals surface area contributed by atoms with Crippen LogP contribution in [-0.4, -0.2) is 61.4 Å². The number of unbranched alkanes of at least 4 members (excludes halogenated alkanes) is 1. The van der Waals surface area contributed by atoms with Crippen molar-refractivity contribution in [2.45, 2.75) is 104 Å². The van der Waals surface area contributed by atoms with E-state index in [0.29, 0.717) is 11.6 Å². The molecule has 0 bridgehead atoms. The number of carbonyl (C=O) groups excluding carboxylic acids is 1. The monoisotopic (exact) mass is 624 g/mol. The molecule has 2 atom stereocenters. The van der Waals surface area contributed by atoms with Gasteiger partial charge in [0.2, 0.25) is 0 Å². The van der Waals surface area contributed by atoms with E-state index in [2.05, 4.69) is 43.3 Å². The van der Waals surface area contributed by atoms with Crippen LogP contribution in [0.1, 0.15) is 99.5 Å². The second-order valence-corrected chi connectivity index (χ2v) is 15.3. The molecule has 1 amide bonds. The molecule has 242 valence electrons. The van der Waals surface area contributed by atoms with Crippen LogP contribution in [0, 0.1) is 12.8 Å². The molecule has 2 aromatic rings. The van der Waals surface area contributed by atoms with Crippen LogP contribution in [0.3, 0.4) is 0 Å². The molecule has 3 rings (SSSR count). The first kappa shape index (κ1) is 35.5. The van der Waals surface area contributed by atoms with Gasteiger partial charge in [0.05, 0.1) is 5.75 Å². The highest BCUT2D eigenvalue weighted by atomic mass is 32.2. The molecule has 8 heteroatoms. The summed E-state index contributed by atoms with van der Waals surface area (Å²) in [7, 11) is -1.17. The van der Waals surface area contributed by atoms with Gasteiger partial charge in [-0.15, -0.1) is 0 Å². The number of amides is 1. The Morgan fingerprint density at radius 3 is 2.39 bits per heavy atom. The average Bonchev–Trinajstić information content (AvgIpc) is 2.96. The zero-order valence-electron chi connectivity index (χ0n) is 27.3. The van der Waals surface area contributed by atoms with Gasteiger partial charge in [-0.3, -0.25) is 9.69 Å². The smallest absolute Gasteiger partial charge is 0.326 e. The minimum atomic E-state index is -3.38. The molecule has 0 aromatic heterocycles.